The molecule has 2 aliphatic rings. The molecule has 0 bridgehead atoms. The van der Waals surface area contributed by atoms with E-state index in [1.165, 1.54) is 5.56 Å². The average molecular weight is 635 g/mol. The molecule has 10 heteroatoms. The van der Waals surface area contributed by atoms with Gasteiger partial charge in [-0.1, -0.05) is 41.9 Å². The second-order valence-corrected chi connectivity index (χ2v) is 11.9. The van der Waals surface area contributed by atoms with Crippen molar-refractivity contribution in [2.75, 3.05) is 51.9 Å². The summed E-state index contributed by atoms with van der Waals surface area (Å²) in [5, 5.41) is 6.97. The predicted octanol–water partition coefficient (Wildman–Crippen LogP) is 4.59. The van der Waals surface area contributed by atoms with Crippen LogP contribution in [0.3, 0.4) is 0 Å². The summed E-state index contributed by atoms with van der Waals surface area (Å²) in [4.78, 5) is 30.8. The van der Waals surface area contributed by atoms with Crippen molar-refractivity contribution >= 4 is 29.1 Å². The maximum Gasteiger partial charge on any atom is 0.247 e. The maximum absolute atomic E-state index is 14.1. The number of carbonyl (C=O) groups excluding carboxylic acids is 2. The molecule has 1 aliphatic heterocycles. The molecule has 0 radical (unpaired) electrons. The number of ether oxygens (including phenoxy) is 3. The molecule has 240 valence electrons. The molecule has 0 aromatic heterocycles. The lowest BCUT2D eigenvalue weighted by Crippen LogP contribution is -2.61. The first-order chi connectivity index (χ1) is 22.0. The van der Waals surface area contributed by atoms with Gasteiger partial charge < -0.3 is 29.7 Å². The Morgan fingerprint density at radius 3 is 2.62 bits per heavy atom. The summed E-state index contributed by atoms with van der Waals surface area (Å²) in [7, 11) is 3.58. The van der Waals surface area contributed by atoms with Gasteiger partial charge in [-0.3, -0.25) is 14.5 Å². The van der Waals surface area contributed by atoms with Crippen molar-refractivity contribution in [3.05, 3.63) is 88.4 Å². The third-order valence-corrected chi connectivity index (χ3v) is 8.50. The van der Waals surface area contributed by atoms with E-state index >= 15 is 0 Å². The predicted molar refractivity (Wildman–Crippen MR) is 176 cm³/mol. The fourth-order valence-corrected chi connectivity index (χ4v) is 5.75. The topological polar surface area (TPSA) is 92.4 Å². The number of para-hydroxylation sites is 1. The second kappa shape index (κ2) is 16.1. The van der Waals surface area contributed by atoms with Crippen LogP contribution in [0.25, 0.3) is 0 Å². The third-order valence-electron chi connectivity index (χ3n) is 8.13. The normalized spacial score (nSPS) is 16.5. The van der Waals surface area contributed by atoms with E-state index in [1.54, 1.807) is 12.0 Å². The van der Waals surface area contributed by atoms with E-state index in [0.29, 0.717) is 49.4 Å². The van der Waals surface area contributed by atoms with Gasteiger partial charge in [0.15, 0.2) is 0 Å². The molecule has 2 N–H and O–H groups in total. The van der Waals surface area contributed by atoms with Gasteiger partial charge in [0.25, 0.3) is 0 Å². The van der Waals surface area contributed by atoms with Crippen LogP contribution in [0.4, 0.5) is 5.69 Å². The molecule has 5 rings (SSSR count). The number of halogens is 1. The van der Waals surface area contributed by atoms with Crippen molar-refractivity contribution in [1.29, 1.82) is 0 Å². The Balaban J connectivity index is 1.18. The molecule has 1 atom stereocenters. The fourth-order valence-electron chi connectivity index (χ4n) is 5.57. The van der Waals surface area contributed by atoms with Crippen LogP contribution in [-0.2, 0) is 33.9 Å². The van der Waals surface area contributed by atoms with Crippen LogP contribution in [0.2, 0.25) is 5.02 Å². The summed E-state index contributed by atoms with van der Waals surface area (Å²) in [5.41, 5.74) is 3.79. The number of nitrogens with zero attached hydrogens (tertiary/aromatic N) is 2. The van der Waals surface area contributed by atoms with Gasteiger partial charge in [-0.15, -0.1) is 0 Å². The van der Waals surface area contributed by atoms with Crippen molar-refractivity contribution in [3.8, 4) is 11.5 Å². The van der Waals surface area contributed by atoms with E-state index in [4.69, 9.17) is 25.8 Å². The van der Waals surface area contributed by atoms with Crippen LogP contribution in [0.5, 0.6) is 11.5 Å². The van der Waals surface area contributed by atoms with E-state index in [9.17, 15) is 9.59 Å². The lowest BCUT2D eigenvalue weighted by molar-refractivity contribution is -0.136. The summed E-state index contributed by atoms with van der Waals surface area (Å²) in [6, 6.07) is 20.7. The van der Waals surface area contributed by atoms with Gasteiger partial charge in [-0.25, -0.2) is 0 Å². The van der Waals surface area contributed by atoms with E-state index in [2.05, 4.69) is 16.7 Å². The first kappa shape index (κ1) is 32.8. The summed E-state index contributed by atoms with van der Waals surface area (Å²) < 4.78 is 17.1. The molecule has 2 fully saturated rings. The van der Waals surface area contributed by atoms with Crippen LogP contribution in [-0.4, -0.2) is 75.8 Å². The summed E-state index contributed by atoms with van der Waals surface area (Å²) in [6.45, 7) is 3.37. The Hall–Kier alpha value is -3.63. The third kappa shape index (κ3) is 8.76. The number of amides is 2. The van der Waals surface area contributed by atoms with Crippen molar-refractivity contribution in [1.82, 2.24) is 15.5 Å². The molecule has 3 aromatic carbocycles. The molecule has 0 unspecified atom stereocenters. The minimum Gasteiger partial charge on any atom is -0.496 e. The van der Waals surface area contributed by atoms with E-state index in [1.807, 2.05) is 72.6 Å². The molecule has 1 heterocycles. The van der Waals surface area contributed by atoms with Crippen LogP contribution in [0.1, 0.15) is 36.0 Å². The number of methoxy groups -OCH3 is 1. The minimum absolute atomic E-state index is 0.0665. The lowest BCUT2D eigenvalue weighted by Gasteiger charge is -2.38. The summed E-state index contributed by atoms with van der Waals surface area (Å²) in [6.07, 6.45) is 3.51. The Morgan fingerprint density at radius 1 is 1.07 bits per heavy atom. The van der Waals surface area contributed by atoms with Gasteiger partial charge in [0.05, 0.1) is 33.5 Å². The van der Waals surface area contributed by atoms with Crippen molar-refractivity contribution in [2.45, 2.75) is 50.9 Å². The number of likely N-dealkylation sites (N-methyl/N-ethyl adjacent to an activating group) is 1. The zero-order chi connectivity index (χ0) is 31.6. The molecule has 45 heavy (non-hydrogen) atoms. The molecule has 0 spiro atoms. The highest BCUT2D eigenvalue weighted by Gasteiger charge is 2.41. The molecule has 3 aromatic rings. The molecular formula is C35H43ClN4O5. The number of hydrogen-bond donors (Lipinski definition) is 2. The number of piperazine rings is 1. The zero-order valence-electron chi connectivity index (χ0n) is 26.1. The Morgan fingerprint density at radius 2 is 1.87 bits per heavy atom. The number of hydrogen-bond acceptors (Lipinski definition) is 7. The van der Waals surface area contributed by atoms with Gasteiger partial charge >= 0.3 is 0 Å². The van der Waals surface area contributed by atoms with Gasteiger partial charge in [0.2, 0.25) is 11.8 Å². The van der Waals surface area contributed by atoms with Gasteiger partial charge in [-0.2, -0.15) is 0 Å². The quantitative estimate of drug-likeness (QED) is 0.223. The van der Waals surface area contributed by atoms with Crippen molar-refractivity contribution in [2.24, 2.45) is 0 Å². The highest BCUT2D eigenvalue weighted by atomic mass is 35.5. The van der Waals surface area contributed by atoms with E-state index in [-0.39, 0.29) is 24.4 Å². The summed E-state index contributed by atoms with van der Waals surface area (Å²) >= 11 is 6.60. The second-order valence-electron chi connectivity index (χ2n) is 11.4. The van der Waals surface area contributed by atoms with Crippen molar-refractivity contribution in [3.63, 3.8) is 0 Å². The SMILES string of the molecule is CNCCc1ccc(Cl)c(CN(C(=O)[C@H]2CNCC(=O)N2c2ccc(OCCCOCc3ccccc3OC)cc2)C2CC2)c1. The number of benzene rings is 3. The smallest absolute Gasteiger partial charge is 0.247 e. The Bertz CT molecular complexity index is 1430. The first-order valence-corrected chi connectivity index (χ1v) is 16.0. The van der Waals surface area contributed by atoms with Crippen LogP contribution < -0.4 is 25.0 Å². The van der Waals surface area contributed by atoms with Gasteiger partial charge in [-0.05, 0) is 80.4 Å². The zero-order valence-corrected chi connectivity index (χ0v) is 26.9. The average Bonchev–Trinajstić information content (AvgIpc) is 3.91. The van der Waals surface area contributed by atoms with Crippen molar-refractivity contribution < 1.29 is 23.8 Å². The molecular weight excluding hydrogens is 592 g/mol. The molecule has 2 amide bonds. The van der Waals surface area contributed by atoms with Crippen LogP contribution in [0, 0.1) is 0 Å². The highest BCUT2D eigenvalue weighted by molar-refractivity contribution is 6.31. The Labute approximate surface area is 270 Å². The molecule has 9 nitrogen and oxygen atoms in total. The van der Waals surface area contributed by atoms with Gasteiger partial charge in [0.1, 0.15) is 17.5 Å². The first-order valence-electron chi connectivity index (χ1n) is 15.7. The summed E-state index contributed by atoms with van der Waals surface area (Å²) in [5.74, 6) is 1.31. The minimum atomic E-state index is -0.648. The fraction of sp³-hybridized carbons (Fsp3) is 0.429. The Kier molecular flexibility index (Phi) is 11.7. The largest absolute Gasteiger partial charge is 0.496 e. The number of anilines is 1. The molecule has 1 aliphatic carbocycles. The van der Waals surface area contributed by atoms with E-state index in [0.717, 1.165) is 49.1 Å². The molecule has 1 saturated carbocycles. The van der Waals surface area contributed by atoms with Crippen LogP contribution in [0.15, 0.2) is 66.7 Å². The number of nitrogens with one attached hydrogen (secondary N) is 2. The van der Waals surface area contributed by atoms with E-state index < -0.39 is 6.04 Å². The van der Waals surface area contributed by atoms with Gasteiger partial charge in [0, 0.05) is 41.8 Å². The maximum atomic E-state index is 14.1. The number of carbonyl (C=O) groups is 2. The molecule has 1 saturated heterocycles. The highest BCUT2D eigenvalue weighted by Crippen LogP contribution is 2.33. The standard InChI is InChI=1S/C35H43ClN4O5/c1-37-17-16-25-8-15-31(36)27(20-25)23-39(28-9-10-28)35(42)32-21-38-22-34(41)40(32)29-11-13-30(14-12-29)45-19-5-18-44-24-26-6-3-4-7-33(26)43-2/h3-4,6-8,11-15,20,28,32,37-38H,5,9-10,16-19,21-24H2,1-2H3/t32-/m1/s1. The monoisotopic (exact) mass is 634 g/mol. The van der Waals surface area contributed by atoms with Crippen LogP contribution >= 0.6 is 11.6 Å². The lowest BCUT2D eigenvalue weighted by atomic mass is 10.1. The number of rotatable bonds is 16.